The molecule has 2 amide bonds. The molecular weight excluding hydrogens is 370 g/mol. The van der Waals surface area contributed by atoms with Gasteiger partial charge in [-0.25, -0.2) is 4.98 Å². The second kappa shape index (κ2) is 10.7. The van der Waals surface area contributed by atoms with Crippen molar-refractivity contribution in [3.8, 4) is 0 Å². The van der Waals surface area contributed by atoms with E-state index in [9.17, 15) is 9.59 Å². The lowest BCUT2D eigenvalue weighted by atomic mass is 9.96. The molecule has 0 saturated carbocycles. The second-order valence-electron chi connectivity index (χ2n) is 8.31. The Morgan fingerprint density at radius 1 is 1.28 bits per heavy atom. The molecule has 3 rings (SSSR count). The molecule has 162 valence electrons. The molecule has 8 heteroatoms. The van der Waals surface area contributed by atoms with Crippen molar-refractivity contribution in [3.05, 3.63) is 18.2 Å². The number of aromatic nitrogens is 2. The van der Waals surface area contributed by atoms with Crippen LogP contribution in [0.25, 0.3) is 0 Å². The standard InChI is InChI=1S/C21H35N5O3/c1-17(2)20-22-7-9-25(20)8-3-6-23-21(28)18-4-5-19(27)26(16-18)11-10-24-12-14-29-15-13-24/h7,9,17-18H,3-6,8,10-16H2,1-2H3,(H,23,28). The predicted octanol–water partition coefficient (Wildman–Crippen LogP) is 1.08. The van der Waals surface area contributed by atoms with Crippen LogP contribution in [0, 0.1) is 5.92 Å². The van der Waals surface area contributed by atoms with E-state index >= 15 is 0 Å². The molecule has 1 aromatic heterocycles. The van der Waals surface area contributed by atoms with Crippen molar-refractivity contribution in [2.75, 3.05) is 52.5 Å². The van der Waals surface area contributed by atoms with E-state index < -0.39 is 0 Å². The summed E-state index contributed by atoms with van der Waals surface area (Å²) in [7, 11) is 0. The third-order valence-electron chi connectivity index (χ3n) is 5.80. The van der Waals surface area contributed by atoms with Crippen LogP contribution in [0.3, 0.4) is 0 Å². The molecule has 2 saturated heterocycles. The van der Waals surface area contributed by atoms with Gasteiger partial charge in [-0.05, 0) is 12.8 Å². The topological polar surface area (TPSA) is 79.7 Å². The fourth-order valence-electron chi connectivity index (χ4n) is 4.05. The fourth-order valence-corrected chi connectivity index (χ4v) is 4.05. The number of nitrogens with one attached hydrogen (secondary N) is 1. The maximum absolute atomic E-state index is 12.6. The van der Waals surface area contributed by atoms with Gasteiger partial charge in [0.15, 0.2) is 0 Å². The van der Waals surface area contributed by atoms with Crippen molar-refractivity contribution >= 4 is 11.8 Å². The molecule has 1 atom stereocenters. The van der Waals surface area contributed by atoms with E-state index in [0.29, 0.717) is 38.4 Å². The average molecular weight is 406 g/mol. The Morgan fingerprint density at radius 2 is 2.07 bits per heavy atom. The minimum atomic E-state index is -0.100. The first-order chi connectivity index (χ1) is 14.0. The van der Waals surface area contributed by atoms with Gasteiger partial charge in [-0.15, -0.1) is 0 Å². The van der Waals surface area contributed by atoms with Crippen LogP contribution in [0.2, 0.25) is 0 Å². The van der Waals surface area contributed by atoms with Crippen LogP contribution < -0.4 is 5.32 Å². The number of amides is 2. The molecule has 0 bridgehead atoms. The molecule has 29 heavy (non-hydrogen) atoms. The molecule has 1 N–H and O–H groups in total. The molecule has 0 spiro atoms. The van der Waals surface area contributed by atoms with Gasteiger partial charge in [0, 0.05) is 70.5 Å². The quantitative estimate of drug-likeness (QED) is 0.622. The minimum Gasteiger partial charge on any atom is -0.379 e. The Hall–Kier alpha value is -1.93. The summed E-state index contributed by atoms with van der Waals surface area (Å²) in [6, 6.07) is 0. The van der Waals surface area contributed by atoms with E-state index in [0.717, 1.165) is 51.6 Å². The van der Waals surface area contributed by atoms with E-state index in [4.69, 9.17) is 4.74 Å². The Morgan fingerprint density at radius 3 is 2.83 bits per heavy atom. The van der Waals surface area contributed by atoms with Crippen LogP contribution in [-0.4, -0.2) is 83.6 Å². The Balaban J connectivity index is 1.38. The van der Waals surface area contributed by atoms with Gasteiger partial charge in [0.1, 0.15) is 5.82 Å². The summed E-state index contributed by atoms with van der Waals surface area (Å²) in [5.41, 5.74) is 0. The number of ether oxygens (including phenoxy) is 1. The largest absolute Gasteiger partial charge is 0.379 e. The highest BCUT2D eigenvalue weighted by Crippen LogP contribution is 2.18. The highest BCUT2D eigenvalue weighted by atomic mass is 16.5. The molecule has 2 fully saturated rings. The van der Waals surface area contributed by atoms with Crippen LogP contribution in [0.1, 0.15) is 44.9 Å². The summed E-state index contributed by atoms with van der Waals surface area (Å²) in [4.78, 5) is 33.4. The van der Waals surface area contributed by atoms with Crippen molar-refractivity contribution in [1.82, 2.24) is 24.7 Å². The van der Waals surface area contributed by atoms with Gasteiger partial charge < -0.3 is 19.5 Å². The first kappa shape index (κ1) is 21.8. The molecule has 2 aliphatic rings. The number of imidazole rings is 1. The predicted molar refractivity (Wildman–Crippen MR) is 111 cm³/mol. The Labute approximate surface area is 173 Å². The number of nitrogens with zero attached hydrogens (tertiary/aromatic N) is 4. The number of morpholine rings is 1. The van der Waals surface area contributed by atoms with Crippen molar-refractivity contribution in [2.45, 2.75) is 45.6 Å². The molecule has 8 nitrogen and oxygen atoms in total. The van der Waals surface area contributed by atoms with Crippen molar-refractivity contribution in [3.63, 3.8) is 0 Å². The lowest BCUT2D eigenvalue weighted by Crippen LogP contribution is -2.49. The summed E-state index contributed by atoms with van der Waals surface area (Å²) in [6.45, 7) is 11.2. The number of aryl methyl sites for hydroxylation is 1. The monoisotopic (exact) mass is 405 g/mol. The fraction of sp³-hybridized carbons (Fsp3) is 0.762. The van der Waals surface area contributed by atoms with Crippen LogP contribution in [0.5, 0.6) is 0 Å². The zero-order chi connectivity index (χ0) is 20.6. The summed E-state index contributed by atoms with van der Waals surface area (Å²) >= 11 is 0. The number of hydrogen-bond acceptors (Lipinski definition) is 5. The number of likely N-dealkylation sites (tertiary alicyclic amines) is 1. The zero-order valence-electron chi connectivity index (χ0n) is 17.8. The van der Waals surface area contributed by atoms with E-state index in [1.54, 1.807) is 0 Å². The second-order valence-corrected chi connectivity index (χ2v) is 8.31. The van der Waals surface area contributed by atoms with E-state index in [2.05, 4.69) is 33.6 Å². The summed E-state index contributed by atoms with van der Waals surface area (Å²) in [5, 5.41) is 3.07. The summed E-state index contributed by atoms with van der Waals surface area (Å²) in [6.07, 6.45) is 5.81. The van der Waals surface area contributed by atoms with Crippen LogP contribution in [-0.2, 0) is 20.9 Å². The van der Waals surface area contributed by atoms with E-state index in [1.165, 1.54) is 0 Å². The van der Waals surface area contributed by atoms with Gasteiger partial charge >= 0.3 is 0 Å². The van der Waals surface area contributed by atoms with Gasteiger partial charge in [0.2, 0.25) is 11.8 Å². The number of rotatable bonds is 9. The molecule has 2 aliphatic heterocycles. The van der Waals surface area contributed by atoms with Crippen LogP contribution in [0.15, 0.2) is 12.4 Å². The van der Waals surface area contributed by atoms with Crippen molar-refractivity contribution in [2.24, 2.45) is 5.92 Å². The van der Waals surface area contributed by atoms with Gasteiger partial charge in [0.05, 0.1) is 19.1 Å². The zero-order valence-corrected chi connectivity index (χ0v) is 17.8. The minimum absolute atomic E-state index is 0.0728. The normalized spacial score (nSPS) is 21.0. The third-order valence-corrected chi connectivity index (χ3v) is 5.80. The highest BCUT2D eigenvalue weighted by Gasteiger charge is 2.30. The molecule has 0 radical (unpaired) electrons. The smallest absolute Gasteiger partial charge is 0.224 e. The van der Waals surface area contributed by atoms with Crippen molar-refractivity contribution in [1.29, 1.82) is 0 Å². The number of piperidine rings is 1. The first-order valence-electron chi connectivity index (χ1n) is 10.9. The summed E-state index contributed by atoms with van der Waals surface area (Å²) < 4.78 is 7.53. The van der Waals surface area contributed by atoms with Gasteiger partial charge in [-0.2, -0.15) is 0 Å². The molecule has 1 unspecified atom stereocenters. The SMILES string of the molecule is CC(C)c1nccn1CCCNC(=O)C1CCC(=O)N(CCN2CCOCC2)C1. The first-order valence-corrected chi connectivity index (χ1v) is 10.9. The number of carbonyl (C=O) groups excluding carboxylic acids is 2. The molecule has 0 aliphatic carbocycles. The number of carbonyl (C=O) groups is 2. The maximum atomic E-state index is 12.6. The van der Waals surface area contributed by atoms with Gasteiger partial charge in [0.25, 0.3) is 0 Å². The highest BCUT2D eigenvalue weighted by molar-refractivity contribution is 5.83. The Bertz CT molecular complexity index is 669. The lowest BCUT2D eigenvalue weighted by Gasteiger charge is -2.34. The average Bonchev–Trinajstić information content (AvgIpc) is 3.20. The Kier molecular flexibility index (Phi) is 8.06. The molecular formula is C21H35N5O3. The van der Waals surface area contributed by atoms with Crippen LogP contribution in [0.4, 0.5) is 0 Å². The van der Waals surface area contributed by atoms with E-state index in [1.807, 2.05) is 17.3 Å². The molecule has 0 aromatic carbocycles. The maximum Gasteiger partial charge on any atom is 0.224 e. The molecule has 3 heterocycles. The lowest BCUT2D eigenvalue weighted by molar-refractivity contribution is -0.138. The van der Waals surface area contributed by atoms with Gasteiger partial charge in [-0.1, -0.05) is 13.8 Å². The molecule has 1 aromatic rings. The van der Waals surface area contributed by atoms with Crippen LogP contribution >= 0.6 is 0 Å². The van der Waals surface area contributed by atoms with E-state index in [-0.39, 0.29) is 17.7 Å². The van der Waals surface area contributed by atoms with Gasteiger partial charge in [-0.3, -0.25) is 14.5 Å². The number of hydrogen-bond donors (Lipinski definition) is 1. The third kappa shape index (κ3) is 6.27. The summed E-state index contributed by atoms with van der Waals surface area (Å²) in [5.74, 6) is 1.62. The van der Waals surface area contributed by atoms with Crippen molar-refractivity contribution < 1.29 is 14.3 Å².